The number of aromatic nitrogens is 1. The molecule has 0 aliphatic rings. The van der Waals surface area contributed by atoms with E-state index in [0.717, 1.165) is 27.8 Å². The summed E-state index contributed by atoms with van der Waals surface area (Å²) in [6.07, 6.45) is 0. The molecule has 0 amide bonds. The summed E-state index contributed by atoms with van der Waals surface area (Å²) >= 11 is 0. The summed E-state index contributed by atoms with van der Waals surface area (Å²) in [5.41, 5.74) is 12.2. The Hall–Kier alpha value is -3.12. The minimum absolute atomic E-state index is 0.350. The van der Waals surface area contributed by atoms with E-state index in [1.807, 2.05) is 36.4 Å². The number of pyridine rings is 1. The number of fused-ring (bicyclic) bond motifs is 1. The third-order valence-electron chi connectivity index (χ3n) is 4.13. The molecular formula is C21H23N5O2. The van der Waals surface area contributed by atoms with E-state index in [9.17, 15) is 0 Å². The highest BCUT2D eigenvalue weighted by atomic mass is 16.5. The van der Waals surface area contributed by atoms with Gasteiger partial charge in [0.15, 0.2) is 0 Å². The average molecular weight is 377 g/mol. The number of para-hydroxylation sites is 1. The Kier molecular flexibility index (Phi) is 7.64. The van der Waals surface area contributed by atoms with Crippen LogP contribution < -0.4 is 5.32 Å². The summed E-state index contributed by atoms with van der Waals surface area (Å²) in [5.74, 6) is 0. The average Bonchev–Trinajstić information content (AvgIpc) is 2.75. The maximum atomic E-state index is 8.14. The standard InChI is InChI=1S/C21H23N5O2/c22-26-24-12-14-28-16-15-27-13-11-23-19-8-5-18(6-9-19)21-10-7-17-3-1-2-4-20(17)25-21/h1-10,23H,11-16H2. The number of benzene rings is 2. The molecule has 7 nitrogen and oxygen atoms in total. The minimum Gasteiger partial charge on any atom is -0.383 e. The van der Waals surface area contributed by atoms with Gasteiger partial charge >= 0.3 is 0 Å². The Labute approximate surface area is 163 Å². The monoisotopic (exact) mass is 377 g/mol. The molecule has 0 bridgehead atoms. The summed E-state index contributed by atoms with van der Waals surface area (Å²) in [6, 6.07) is 20.5. The molecule has 0 radical (unpaired) electrons. The van der Waals surface area contributed by atoms with Gasteiger partial charge in [-0.1, -0.05) is 41.5 Å². The molecule has 0 unspecified atom stereocenters. The van der Waals surface area contributed by atoms with Crippen molar-refractivity contribution in [3.05, 3.63) is 71.1 Å². The van der Waals surface area contributed by atoms with Crippen molar-refractivity contribution in [2.75, 3.05) is 44.8 Å². The molecule has 3 aromatic rings. The molecule has 144 valence electrons. The van der Waals surface area contributed by atoms with Crippen LogP contribution in [-0.4, -0.2) is 44.5 Å². The van der Waals surface area contributed by atoms with E-state index in [1.54, 1.807) is 0 Å². The van der Waals surface area contributed by atoms with Crippen LogP contribution in [0.2, 0.25) is 0 Å². The highest BCUT2D eigenvalue weighted by Gasteiger charge is 2.01. The summed E-state index contributed by atoms with van der Waals surface area (Å²) in [7, 11) is 0. The molecule has 7 heteroatoms. The summed E-state index contributed by atoms with van der Waals surface area (Å²) in [6.45, 7) is 3.09. The number of nitrogens with one attached hydrogen (secondary N) is 1. The van der Waals surface area contributed by atoms with Gasteiger partial charge in [-0.3, -0.25) is 0 Å². The van der Waals surface area contributed by atoms with E-state index in [2.05, 4.69) is 39.6 Å². The fraction of sp³-hybridized carbons (Fsp3) is 0.286. The van der Waals surface area contributed by atoms with Crippen molar-refractivity contribution >= 4 is 16.6 Å². The fourth-order valence-electron chi connectivity index (χ4n) is 2.73. The highest BCUT2D eigenvalue weighted by Crippen LogP contribution is 2.22. The molecule has 3 rings (SSSR count). The molecule has 0 aliphatic carbocycles. The molecule has 28 heavy (non-hydrogen) atoms. The van der Waals surface area contributed by atoms with Gasteiger partial charge in [0, 0.05) is 34.6 Å². The van der Waals surface area contributed by atoms with E-state index >= 15 is 0 Å². The maximum Gasteiger partial charge on any atom is 0.0709 e. The zero-order valence-corrected chi connectivity index (χ0v) is 15.6. The lowest BCUT2D eigenvalue weighted by atomic mass is 10.1. The Morgan fingerprint density at radius 2 is 1.68 bits per heavy atom. The van der Waals surface area contributed by atoms with E-state index in [0.29, 0.717) is 39.5 Å². The Balaban J connectivity index is 1.39. The van der Waals surface area contributed by atoms with Crippen LogP contribution in [-0.2, 0) is 9.47 Å². The SMILES string of the molecule is [N-]=[N+]=NCCOCCOCCNc1ccc(-c2ccc3ccccc3n2)cc1. The quantitative estimate of drug-likeness (QED) is 0.228. The van der Waals surface area contributed by atoms with Crippen molar-refractivity contribution in [2.45, 2.75) is 0 Å². The van der Waals surface area contributed by atoms with Gasteiger partial charge in [-0.05, 0) is 29.8 Å². The Morgan fingerprint density at radius 3 is 2.50 bits per heavy atom. The maximum absolute atomic E-state index is 8.14. The van der Waals surface area contributed by atoms with Gasteiger partial charge < -0.3 is 14.8 Å². The van der Waals surface area contributed by atoms with Gasteiger partial charge in [-0.15, -0.1) is 0 Å². The van der Waals surface area contributed by atoms with Gasteiger partial charge in [0.1, 0.15) is 0 Å². The van der Waals surface area contributed by atoms with E-state index in [-0.39, 0.29) is 0 Å². The molecule has 1 N–H and O–H groups in total. The number of ether oxygens (including phenoxy) is 2. The molecule has 1 heterocycles. The second-order valence-corrected chi connectivity index (χ2v) is 6.07. The normalized spacial score (nSPS) is 10.6. The predicted octanol–water partition coefficient (Wildman–Crippen LogP) is 4.66. The van der Waals surface area contributed by atoms with Crippen molar-refractivity contribution in [1.29, 1.82) is 0 Å². The first-order valence-electron chi connectivity index (χ1n) is 9.23. The smallest absolute Gasteiger partial charge is 0.0709 e. The molecule has 2 aromatic carbocycles. The molecule has 1 aromatic heterocycles. The van der Waals surface area contributed by atoms with Crippen LogP contribution in [0.4, 0.5) is 5.69 Å². The van der Waals surface area contributed by atoms with Crippen molar-refractivity contribution in [1.82, 2.24) is 4.98 Å². The molecule has 0 spiro atoms. The molecular weight excluding hydrogens is 354 g/mol. The zero-order valence-electron chi connectivity index (χ0n) is 15.6. The van der Waals surface area contributed by atoms with Gasteiger partial charge in [-0.2, -0.15) is 0 Å². The van der Waals surface area contributed by atoms with E-state index in [4.69, 9.17) is 20.0 Å². The summed E-state index contributed by atoms with van der Waals surface area (Å²) in [4.78, 5) is 7.39. The van der Waals surface area contributed by atoms with Gasteiger partial charge in [0.2, 0.25) is 0 Å². The van der Waals surface area contributed by atoms with Gasteiger partial charge in [-0.25, -0.2) is 4.98 Å². The minimum atomic E-state index is 0.350. The van der Waals surface area contributed by atoms with Gasteiger partial charge in [0.05, 0.1) is 37.6 Å². The lowest BCUT2D eigenvalue weighted by Crippen LogP contribution is -2.13. The van der Waals surface area contributed by atoms with Crippen LogP contribution in [0.25, 0.3) is 32.6 Å². The topological polar surface area (TPSA) is 92.1 Å². The van der Waals surface area contributed by atoms with Crippen LogP contribution in [0, 0.1) is 0 Å². The van der Waals surface area contributed by atoms with Crippen molar-refractivity contribution in [2.24, 2.45) is 5.11 Å². The molecule has 0 saturated carbocycles. The lowest BCUT2D eigenvalue weighted by Gasteiger charge is -2.09. The first kappa shape index (κ1) is 19.6. The number of hydrogen-bond donors (Lipinski definition) is 1. The van der Waals surface area contributed by atoms with Crippen molar-refractivity contribution in [3.8, 4) is 11.3 Å². The largest absolute Gasteiger partial charge is 0.383 e. The summed E-state index contributed by atoms with van der Waals surface area (Å²) in [5, 5.41) is 7.87. The third-order valence-corrected chi connectivity index (χ3v) is 4.13. The number of nitrogens with zero attached hydrogens (tertiary/aromatic N) is 4. The lowest BCUT2D eigenvalue weighted by molar-refractivity contribution is 0.0548. The van der Waals surface area contributed by atoms with Crippen LogP contribution >= 0.6 is 0 Å². The number of hydrogen-bond acceptors (Lipinski definition) is 5. The van der Waals surface area contributed by atoms with Crippen molar-refractivity contribution in [3.63, 3.8) is 0 Å². The molecule has 0 atom stereocenters. The fourth-order valence-corrected chi connectivity index (χ4v) is 2.73. The predicted molar refractivity (Wildman–Crippen MR) is 111 cm³/mol. The zero-order chi connectivity index (χ0) is 19.4. The van der Waals surface area contributed by atoms with Crippen LogP contribution in [0.5, 0.6) is 0 Å². The van der Waals surface area contributed by atoms with Crippen LogP contribution in [0.1, 0.15) is 0 Å². The number of rotatable bonds is 11. The molecule has 0 fully saturated rings. The van der Waals surface area contributed by atoms with E-state index in [1.165, 1.54) is 0 Å². The second kappa shape index (κ2) is 10.9. The van der Waals surface area contributed by atoms with Crippen LogP contribution in [0.15, 0.2) is 65.8 Å². The van der Waals surface area contributed by atoms with Gasteiger partial charge in [0.25, 0.3) is 0 Å². The molecule has 0 aliphatic heterocycles. The Morgan fingerprint density at radius 1 is 0.893 bits per heavy atom. The van der Waals surface area contributed by atoms with E-state index < -0.39 is 0 Å². The van der Waals surface area contributed by atoms with Crippen molar-refractivity contribution < 1.29 is 9.47 Å². The second-order valence-electron chi connectivity index (χ2n) is 6.07. The summed E-state index contributed by atoms with van der Waals surface area (Å²) < 4.78 is 10.8. The third kappa shape index (κ3) is 5.96. The first-order chi connectivity index (χ1) is 13.9. The number of anilines is 1. The first-order valence-corrected chi connectivity index (χ1v) is 9.23. The van der Waals surface area contributed by atoms with Crippen LogP contribution in [0.3, 0.4) is 0 Å². The Bertz CT molecular complexity index is 923. The molecule has 0 saturated heterocycles. The number of azide groups is 1. The highest BCUT2D eigenvalue weighted by molar-refractivity contribution is 5.81.